The Balaban J connectivity index is 2.06. The van der Waals surface area contributed by atoms with E-state index in [1.165, 1.54) is 0 Å². The third-order valence-electron chi connectivity index (χ3n) is 2.26. The van der Waals surface area contributed by atoms with Crippen LogP contribution in [0.3, 0.4) is 0 Å². The molecule has 0 fully saturated rings. The van der Waals surface area contributed by atoms with Crippen LogP contribution in [0, 0.1) is 0 Å². The molecule has 0 aliphatic carbocycles. The molecule has 0 saturated heterocycles. The highest BCUT2D eigenvalue weighted by atomic mass is 16.5. The van der Waals surface area contributed by atoms with E-state index in [2.05, 4.69) is 5.16 Å². The Morgan fingerprint density at radius 3 is 2.82 bits per heavy atom. The van der Waals surface area contributed by atoms with Gasteiger partial charge in [0.1, 0.15) is 5.76 Å². The molecule has 0 aliphatic heterocycles. The van der Waals surface area contributed by atoms with Gasteiger partial charge in [0.25, 0.3) is 0 Å². The third-order valence-corrected chi connectivity index (χ3v) is 2.26. The van der Waals surface area contributed by atoms with Crippen LogP contribution in [0.2, 0.25) is 0 Å². The zero-order chi connectivity index (χ0) is 12.1. The molecule has 2 aromatic rings. The van der Waals surface area contributed by atoms with E-state index in [0.717, 1.165) is 5.56 Å². The van der Waals surface area contributed by atoms with Crippen molar-refractivity contribution in [1.29, 1.82) is 0 Å². The Labute approximate surface area is 99.2 Å². The lowest BCUT2D eigenvalue weighted by atomic mass is 10.1. The van der Waals surface area contributed by atoms with Gasteiger partial charge in [-0.15, -0.1) is 0 Å². The van der Waals surface area contributed by atoms with Gasteiger partial charge in [0, 0.05) is 12.5 Å². The predicted octanol–water partition coefficient (Wildman–Crippen LogP) is 2.44. The first kappa shape index (κ1) is 11.4. The molecule has 0 N–H and O–H groups in total. The van der Waals surface area contributed by atoms with Gasteiger partial charge in [0.15, 0.2) is 5.69 Å². The Hall–Kier alpha value is -2.10. The molecule has 0 bridgehead atoms. The summed E-state index contributed by atoms with van der Waals surface area (Å²) in [6.07, 6.45) is 0.618. The molecule has 0 aliphatic rings. The van der Waals surface area contributed by atoms with Crippen molar-refractivity contribution in [1.82, 2.24) is 5.16 Å². The summed E-state index contributed by atoms with van der Waals surface area (Å²) in [7, 11) is 0. The third kappa shape index (κ3) is 2.93. The fourth-order valence-corrected chi connectivity index (χ4v) is 1.49. The summed E-state index contributed by atoms with van der Waals surface area (Å²) < 4.78 is 9.92. The monoisotopic (exact) mass is 231 g/mol. The predicted molar refractivity (Wildman–Crippen MR) is 61.7 cm³/mol. The van der Waals surface area contributed by atoms with Crippen molar-refractivity contribution in [2.24, 2.45) is 0 Å². The van der Waals surface area contributed by atoms with Gasteiger partial charge in [-0.05, 0) is 12.5 Å². The molecule has 1 aromatic heterocycles. The number of carbonyl (C=O) groups is 1. The zero-order valence-electron chi connectivity index (χ0n) is 9.55. The van der Waals surface area contributed by atoms with Crippen molar-refractivity contribution < 1.29 is 14.1 Å². The van der Waals surface area contributed by atoms with Crippen LogP contribution in [-0.4, -0.2) is 17.7 Å². The average Bonchev–Trinajstić information content (AvgIpc) is 2.79. The first-order chi connectivity index (χ1) is 8.29. The van der Waals surface area contributed by atoms with E-state index in [9.17, 15) is 4.79 Å². The van der Waals surface area contributed by atoms with Crippen molar-refractivity contribution in [3.63, 3.8) is 0 Å². The van der Waals surface area contributed by atoms with E-state index in [4.69, 9.17) is 9.26 Å². The van der Waals surface area contributed by atoms with Gasteiger partial charge in [0.2, 0.25) is 0 Å². The number of benzene rings is 1. The fraction of sp³-hybridized carbons (Fsp3) is 0.231. The summed E-state index contributed by atoms with van der Waals surface area (Å²) in [5.74, 6) is 0.204. The summed E-state index contributed by atoms with van der Waals surface area (Å²) in [4.78, 5) is 11.4. The van der Waals surface area contributed by atoms with E-state index in [-0.39, 0.29) is 5.69 Å². The highest BCUT2D eigenvalue weighted by molar-refractivity contribution is 5.87. The lowest BCUT2D eigenvalue weighted by Crippen LogP contribution is -2.04. The largest absolute Gasteiger partial charge is 0.461 e. The molecule has 0 amide bonds. The number of ether oxygens (including phenoxy) is 1. The second-order valence-corrected chi connectivity index (χ2v) is 3.56. The lowest BCUT2D eigenvalue weighted by molar-refractivity contribution is 0.0514. The minimum Gasteiger partial charge on any atom is -0.461 e. The number of carbonyl (C=O) groups excluding carboxylic acids is 1. The highest BCUT2D eigenvalue weighted by Crippen LogP contribution is 2.11. The summed E-state index contributed by atoms with van der Waals surface area (Å²) in [5.41, 5.74) is 1.33. The molecule has 0 unspecified atom stereocenters. The van der Waals surface area contributed by atoms with E-state index >= 15 is 0 Å². The van der Waals surface area contributed by atoms with Crippen molar-refractivity contribution in [2.75, 3.05) is 6.61 Å². The summed E-state index contributed by atoms with van der Waals surface area (Å²) >= 11 is 0. The van der Waals surface area contributed by atoms with Gasteiger partial charge in [-0.25, -0.2) is 4.79 Å². The van der Waals surface area contributed by atoms with Crippen LogP contribution >= 0.6 is 0 Å². The molecule has 0 saturated carbocycles. The Morgan fingerprint density at radius 1 is 1.35 bits per heavy atom. The van der Waals surface area contributed by atoms with Crippen molar-refractivity contribution >= 4 is 5.97 Å². The number of nitrogens with zero attached hydrogens (tertiary/aromatic N) is 1. The number of aromatic nitrogens is 1. The topological polar surface area (TPSA) is 52.3 Å². The maximum absolute atomic E-state index is 11.4. The molecule has 1 heterocycles. The maximum atomic E-state index is 11.4. The van der Waals surface area contributed by atoms with E-state index in [1.807, 2.05) is 30.3 Å². The van der Waals surface area contributed by atoms with E-state index < -0.39 is 5.97 Å². The van der Waals surface area contributed by atoms with E-state index in [1.54, 1.807) is 13.0 Å². The zero-order valence-corrected chi connectivity index (χ0v) is 9.55. The Morgan fingerprint density at radius 2 is 2.12 bits per heavy atom. The lowest BCUT2D eigenvalue weighted by Gasteiger charge is -1.95. The van der Waals surface area contributed by atoms with Crippen molar-refractivity contribution in [3.05, 3.63) is 53.4 Å². The van der Waals surface area contributed by atoms with Crippen molar-refractivity contribution in [2.45, 2.75) is 13.3 Å². The van der Waals surface area contributed by atoms with Crippen LogP contribution in [0.5, 0.6) is 0 Å². The van der Waals surface area contributed by atoms with Crippen LogP contribution in [0.4, 0.5) is 0 Å². The van der Waals surface area contributed by atoms with Gasteiger partial charge in [-0.3, -0.25) is 0 Å². The number of esters is 1. The van der Waals surface area contributed by atoms with Gasteiger partial charge in [-0.2, -0.15) is 0 Å². The first-order valence-corrected chi connectivity index (χ1v) is 5.46. The fourth-order valence-electron chi connectivity index (χ4n) is 1.49. The van der Waals surface area contributed by atoms with Crippen LogP contribution in [0.15, 0.2) is 40.9 Å². The first-order valence-electron chi connectivity index (χ1n) is 5.46. The van der Waals surface area contributed by atoms with Crippen LogP contribution in [-0.2, 0) is 11.2 Å². The molecular formula is C13H13NO3. The molecule has 0 atom stereocenters. The minimum absolute atomic E-state index is 0.220. The molecule has 4 nitrogen and oxygen atoms in total. The minimum atomic E-state index is -0.449. The maximum Gasteiger partial charge on any atom is 0.360 e. The average molecular weight is 231 g/mol. The standard InChI is InChI=1S/C13H13NO3/c1-2-16-13(15)12-9-11(17-14-12)8-10-6-4-3-5-7-10/h3-7,9H,2,8H2,1H3. The molecule has 88 valence electrons. The van der Waals surface area contributed by atoms with Gasteiger partial charge in [-0.1, -0.05) is 35.5 Å². The molecule has 0 radical (unpaired) electrons. The quantitative estimate of drug-likeness (QED) is 0.758. The smallest absolute Gasteiger partial charge is 0.360 e. The molecular weight excluding hydrogens is 218 g/mol. The van der Waals surface area contributed by atoms with Gasteiger partial charge < -0.3 is 9.26 Å². The summed E-state index contributed by atoms with van der Waals surface area (Å²) in [6.45, 7) is 2.09. The number of rotatable bonds is 4. The van der Waals surface area contributed by atoms with Gasteiger partial charge >= 0.3 is 5.97 Å². The number of hydrogen-bond donors (Lipinski definition) is 0. The number of hydrogen-bond acceptors (Lipinski definition) is 4. The second kappa shape index (κ2) is 5.30. The van der Waals surface area contributed by atoms with Crippen LogP contribution in [0.1, 0.15) is 28.7 Å². The molecule has 4 heteroatoms. The SMILES string of the molecule is CCOC(=O)c1cc(Cc2ccccc2)on1. The van der Waals surface area contributed by atoms with Crippen LogP contribution in [0.25, 0.3) is 0 Å². The molecule has 0 spiro atoms. The summed E-state index contributed by atoms with van der Waals surface area (Å²) in [5, 5.41) is 3.68. The van der Waals surface area contributed by atoms with Crippen LogP contribution < -0.4 is 0 Å². The normalized spacial score (nSPS) is 10.2. The van der Waals surface area contributed by atoms with Gasteiger partial charge in [0.05, 0.1) is 6.61 Å². The Bertz CT molecular complexity index is 490. The Kier molecular flexibility index (Phi) is 3.55. The molecule has 2 rings (SSSR count). The summed E-state index contributed by atoms with van der Waals surface area (Å²) in [6, 6.07) is 11.5. The molecule has 1 aromatic carbocycles. The second-order valence-electron chi connectivity index (χ2n) is 3.56. The van der Waals surface area contributed by atoms with Crippen molar-refractivity contribution in [3.8, 4) is 0 Å². The molecule has 17 heavy (non-hydrogen) atoms. The van der Waals surface area contributed by atoms with E-state index in [0.29, 0.717) is 18.8 Å². The highest BCUT2D eigenvalue weighted by Gasteiger charge is 2.13.